The van der Waals surface area contributed by atoms with Gasteiger partial charge in [-0.3, -0.25) is 9.05 Å². The summed E-state index contributed by atoms with van der Waals surface area (Å²) < 4.78 is 27.1. The van der Waals surface area contributed by atoms with Gasteiger partial charge in [0.15, 0.2) is 5.75 Å². The van der Waals surface area contributed by atoms with Crippen LogP contribution in [0.3, 0.4) is 0 Å². The summed E-state index contributed by atoms with van der Waals surface area (Å²) in [5.74, 6) is 0.304. The van der Waals surface area contributed by atoms with Crippen molar-refractivity contribution in [3.63, 3.8) is 0 Å². The lowest BCUT2D eigenvalue weighted by molar-refractivity contribution is 0.211. The predicted octanol–water partition coefficient (Wildman–Crippen LogP) is 3.56. The van der Waals surface area contributed by atoms with Crippen molar-refractivity contribution in [3.8, 4) is 5.75 Å². The van der Waals surface area contributed by atoms with Gasteiger partial charge in [-0.15, -0.1) is 0 Å². The van der Waals surface area contributed by atoms with Crippen LogP contribution in [0.25, 0.3) is 22.1 Å². The quantitative estimate of drug-likeness (QED) is 0.542. The summed E-state index contributed by atoms with van der Waals surface area (Å²) in [6, 6.07) is 12.7. The molecule has 0 aliphatic carbocycles. The van der Waals surface area contributed by atoms with Crippen LogP contribution in [0.4, 0.5) is 0 Å². The average Bonchev–Trinajstić information content (AvgIpc) is 2.53. The molecule has 0 bridgehead atoms. The maximum Gasteiger partial charge on any atom is 0.529 e. The molecule has 1 heterocycles. The number of para-hydroxylation sites is 3. The molecule has 1 aromatic heterocycles. The molecule has 3 rings (SSSR count). The molecule has 6 nitrogen and oxygen atoms in total. The number of rotatable bonds is 4. The van der Waals surface area contributed by atoms with Gasteiger partial charge in [0.25, 0.3) is 0 Å². The van der Waals surface area contributed by atoms with Gasteiger partial charge in [0.2, 0.25) is 0 Å². The minimum absolute atomic E-state index is 0.304. The van der Waals surface area contributed by atoms with Gasteiger partial charge in [0, 0.05) is 14.2 Å². The first-order valence-corrected chi connectivity index (χ1v) is 7.68. The van der Waals surface area contributed by atoms with E-state index in [1.807, 2.05) is 30.3 Å². The molecule has 0 atom stereocenters. The highest BCUT2D eigenvalue weighted by Crippen LogP contribution is 2.48. The SMILES string of the molecule is COP(=O)(OC)Oc1cccc2nc3ccccc3nc12. The van der Waals surface area contributed by atoms with Crippen molar-refractivity contribution >= 4 is 29.9 Å². The van der Waals surface area contributed by atoms with E-state index in [0.717, 1.165) is 11.0 Å². The second-order valence-corrected chi connectivity index (χ2v) is 6.05. The molecule has 0 saturated heterocycles. The van der Waals surface area contributed by atoms with Gasteiger partial charge in [-0.25, -0.2) is 14.5 Å². The zero-order valence-corrected chi connectivity index (χ0v) is 12.4. The largest absolute Gasteiger partial charge is 0.529 e. The molecule has 0 aliphatic heterocycles. The van der Waals surface area contributed by atoms with Crippen molar-refractivity contribution in [1.82, 2.24) is 9.97 Å². The molecular formula is C14H13N2O4P. The van der Waals surface area contributed by atoms with Crippen molar-refractivity contribution in [2.24, 2.45) is 0 Å². The number of benzene rings is 2. The molecule has 0 spiro atoms. The first-order valence-electron chi connectivity index (χ1n) is 6.22. The Morgan fingerprint density at radius 2 is 1.48 bits per heavy atom. The summed E-state index contributed by atoms with van der Waals surface area (Å²) >= 11 is 0. The predicted molar refractivity (Wildman–Crippen MR) is 79.3 cm³/mol. The first-order chi connectivity index (χ1) is 10.1. The Morgan fingerprint density at radius 3 is 2.14 bits per heavy atom. The van der Waals surface area contributed by atoms with Crippen LogP contribution in [0.15, 0.2) is 42.5 Å². The van der Waals surface area contributed by atoms with E-state index in [-0.39, 0.29) is 0 Å². The zero-order chi connectivity index (χ0) is 14.9. The molecule has 0 radical (unpaired) electrons. The first kappa shape index (κ1) is 13.9. The monoisotopic (exact) mass is 304 g/mol. The standard InChI is InChI=1S/C14H13N2O4P/c1-18-21(17,19-2)20-13-9-5-8-12-14(13)16-11-7-4-3-6-10(11)15-12/h3-9H,1-2H3. The molecule has 0 amide bonds. The van der Waals surface area contributed by atoms with Crippen molar-refractivity contribution in [1.29, 1.82) is 0 Å². The van der Waals surface area contributed by atoms with Gasteiger partial charge in [0.1, 0.15) is 5.52 Å². The van der Waals surface area contributed by atoms with Crippen LogP contribution in [0.2, 0.25) is 0 Å². The number of phosphoric acid groups is 1. The van der Waals surface area contributed by atoms with Gasteiger partial charge in [0.05, 0.1) is 16.6 Å². The number of aromatic nitrogens is 2. The van der Waals surface area contributed by atoms with Crippen molar-refractivity contribution in [3.05, 3.63) is 42.5 Å². The topological polar surface area (TPSA) is 70.5 Å². The van der Waals surface area contributed by atoms with Crippen LogP contribution in [-0.2, 0) is 13.6 Å². The summed E-state index contributed by atoms with van der Waals surface area (Å²) in [7, 11) is -1.11. The van der Waals surface area contributed by atoms with E-state index in [2.05, 4.69) is 9.97 Å². The van der Waals surface area contributed by atoms with Crippen molar-refractivity contribution < 1.29 is 18.1 Å². The fraction of sp³-hybridized carbons (Fsp3) is 0.143. The van der Waals surface area contributed by atoms with Crippen LogP contribution >= 0.6 is 7.82 Å². The summed E-state index contributed by atoms with van der Waals surface area (Å²) in [5, 5.41) is 0. The van der Waals surface area contributed by atoms with E-state index in [1.165, 1.54) is 14.2 Å². The summed E-state index contributed by atoms with van der Waals surface area (Å²) in [4.78, 5) is 9.02. The van der Waals surface area contributed by atoms with Crippen LogP contribution in [-0.4, -0.2) is 24.2 Å². The molecule has 0 N–H and O–H groups in total. The minimum atomic E-state index is -3.64. The number of phosphoric ester groups is 1. The zero-order valence-electron chi connectivity index (χ0n) is 11.5. The second kappa shape index (κ2) is 5.41. The number of hydrogen-bond donors (Lipinski definition) is 0. The Balaban J connectivity index is 2.19. The fourth-order valence-electron chi connectivity index (χ4n) is 1.96. The Hall–Kier alpha value is -2.01. The van der Waals surface area contributed by atoms with E-state index in [0.29, 0.717) is 16.8 Å². The van der Waals surface area contributed by atoms with Gasteiger partial charge in [-0.2, -0.15) is 0 Å². The molecular weight excluding hydrogens is 291 g/mol. The lowest BCUT2D eigenvalue weighted by Crippen LogP contribution is -1.99. The molecule has 108 valence electrons. The lowest BCUT2D eigenvalue weighted by Gasteiger charge is -2.15. The van der Waals surface area contributed by atoms with Crippen molar-refractivity contribution in [2.45, 2.75) is 0 Å². The average molecular weight is 304 g/mol. The minimum Gasteiger partial charge on any atom is -0.402 e. The normalized spacial score (nSPS) is 11.9. The maximum atomic E-state index is 12.1. The van der Waals surface area contributed by atoms with Crippen molar-refractivity contribution in [2.75, 3.05) is 14.2 Å². The molecule has 0 saturated carbocycles. The van der Waals surface area contributed by atoms with Crippen LogP contribution < -0.4 is 4.52 Å². The summed E-state index contributed by atoms with van der Waals surface area (Å²) in [6.07, 6.45) is 0. The highest BCUT2D eigenvalue weighted by Gasteiger charge is 2.26. The third kappa shape index (κ3) is 2.61. The van der Waals surface area contributed by atoms with E-state index in [9.17, 15) is 4.57 Å². The summed E-state index contributed by atoms with van der Waals surface area (Å²) in [5.41, 5.74) is 2.66. The van der Waals surface area contributed by atoms with E-state index >= 15 is 0 Å². The third-order valence-electron chi connectivity index (χ3n) is 2.99. The molecule has 3 aromatic rings. The van der Waals surface area contributed by atoms with Gasteiger partial charge in [-0.05, 0) is 24.3 Å². The number of nitrogens with zero attached hydrogens (tertiary/aromatic N) is 2. The van der Waals surface area contributed by atoms with Gasteiger partial charge in [-0.1, -0.05) is 18.2 Å². The Morgan fingerprint density at radius 1 is 0.857 bits per heavy atom. The molecule has 0 unspecified atom stereocenters. The second-order valence-electron chi connectivity index (χ2n) is 4.24. The Bertz CT molecular complexity index is 845. The molecule has 21 heavy (non-hydrogen) atoms. The van der Waals surface area contributed by atoms with Crippen LogP contribution in [0.1, 0.15) is 0 Å². The maximum absolute atomic E-state index is 12.1. The van der Waals surface area contributed by atoms with Crippen LogP contribution in [0.5, 0.6) is 5.75 Å². The Kier molecular flexibility index (Phi) is 3.59. The highest BCUT2D eigenvalue weighted by atomic mass is 31.2. The number of fused-ring (bicyclic) bond motifs is 2. The van der Waals surface area contributed by atoms with E-state index in [1.54, 1.807) is 12.1 Å². The van der Waals surface area contributed by atoms with Gasteiger partial charge >= 0.3 is 7.82 Å². The molecule has 2 aromatic carbocycles. The Labute approximate surface area is 121 Å². The van der Waals surface area contributed by atoms with E-state index in [4.69, 9.17) is 13.6 Å². The van der Waals surface area contributed by atoms with Crippen LogP contribution in [0, 0.1) is 0 Å². The van der Waals surface area contributed by atoms with Gasteiger partial charge < -0.3 is 4.52 Å². The summed E-state index contributed by atoms with van der Waals surface area (Å²) in [6.45, 7) is 0. The molecule has 0 aliphatic rings. The molecule has 7 heteroatoms. The smallest absolute Gasteiger partial charge is 0.402 e. The lowest BCUT2D eigenvalue weighted by atomic mass is 10.2. The number of hydrogen-bond acceptors (Lipinski definition) is 6. The third-order valence-corrected chi connectivity index (χ3v) is 4.30. The fourth-order valence-corrected chi connectivity index (χ4v) is 2.65. The van der Waals surface area contributed by atoms with E-state index < -0.39 is 7.82 Å². The molecule has 0 fully saturated rings. The highest BCUT2D eigenvalue weighted by molar-refractivity contribution is 7.48.